The van der Waals surface area contributed by atoms with Crippen molar-refractivity contribution in [2.75, 3.05) is 19.8 Å². The zero-order valence-electron chi connectivity index (χ0n) is 17.0. The number of hydrazone groups is 1. The van der Waals surface area contributed by atoms with E-state index in [9.17, 15) is 0 Å². The summed E-state index contributed by atoms with van der Waals surface area (Å²) >= 11 is 5.08. The molecule has 0 aliphatic carbocycles. The maximum absolute atomic E-state index is 5.85. The van der Waals surface area contributed by atoms with Gasteiger partial charge in [-0.25, -0.2) is 0 Å². The van der Waals surface area contributed by atoms with Crippen molar-refractivity contribution in [3.8, 4) is 11.5 Å². The minimum absolute atomic E-state index is 0.137. The summed E-state index contributed by atoms with van der Waals surface area (Å²) in [6.45, 7) is 10.2. The molecule has 2 rings (SSSR count). The highest BCUT2D eigenvalue weighted by atomic mass is 32.1. The Morgan fingerprint density at radius 2 is 1.71 bits per heavy atom. The molecule has 2 N–H and O–H groups in total. The van der Waals surface area contributed by atoms with Gasteiger partial charge in [-0.15, -0.1) is 0 Å². The van der Waals surface area contributed by atoms with Gasteiger partial charge in [0.25, 0.3) is 0 Å². The minimum Gasteiger partial charge on any atom is -0.490 e. The number of nitrogens with zero attached hydrogens (tertiary/aromatic N) is 1. The van der Waals surface area contributed by atoms with Gasteiger partial charge in [0, 0.05) is 12.1 Å². The lowest BCUT2D eigenvalue weighted by molar-refractivity contribution is 0.217. The Labute approximate surface area is 173 Å². The van der Waals surface area contributed by atoms with Crippen molar-refractivity contribution in [3.05, 3.63) is 59.7 Å². The monoisotopic (exact) mass is 399 g/mol. The molecule has 0 bridgehead atoms. The summed E-state index contributed by atoms with van der Waals surface area (Å²) in [4.78, 5) is 0. The summed E-state index contributed by atoms with van der Waals surface area (Å²) in [5, 5.41) is 7.60. The average Bonchev–Trinajstić information content (AvgIpc) is 2.66. The molecule has 0 spiro atoms. The fourth-order valence-electron chi connectivity index (χ4n) is 2.44. The van der Waals surface area contributed by atoms with Crippen LogP contribution in [0.2, 0.25) is 0 Å². The smallest absolute Gasteiger partial charge is 0.186 e. The first kappa shape index (κ1) is 21.7. The zero-order valence-corrected chi connectivity index (χ0v) is 17.8. The fourth-order valence-corrected chi connectivity index (χ4v) is 2.64. The van der Waals surface area contributed by atoms with E-state index in [1.807, 2.05) is 43.3 Å². The molecule has 0 aliphatic heterocycles. The molecule has 0 saturated heterocycles. The van der Waals surface area contributed by atoms with E-state index in [1.165, 1.54) is 5.56 Å². The van der Waals surface area contributed by atoms with Crippen molar-refractivity contribution in [2.24, 2.45) is 5.10 Å². The molecular formula is C22H29N3O2S. The van der Waals surface area contributed by atoms with Crippen LogP contribution in [0.5, 0.6) is 11.5 Å². The second-order valence-electron chi connectivity index (χ2n) is 7.24. The van der Waals surface area contributed by atoms with Gasteiger partial charge in [-0.1, -0.05) is 45.0 Å². The molecule has 0 atom stereocenters. The highest BCUT2D eigenvalue weighted by Gasteiger charge is 2.12. The van der Waals surface area contributed by atoms with Gasteiger partial charge >= 0.3 is 0 Å². The molecule has 0 aromatic heterocycles. The van der Waals surface area contributed by atoms with Crippen LogP contribution in [0.4, 0.5) is 0 Å². The van der Waals surface area contributed by atoms with E-state index in [-0.39, 0.29) is 5.41 Å². The Hall–Kier alpha value is -2.60. The van der Waals surface area contributed by atoms with Gasteiger partial charge in [-0.2, -0.15) is 5.10 Å². The molecule has 2 aromatic rings. The normalized spacial score (nSPS) is 11.3. The molecule has 0 amide bonds. The van der Waals surface area contributed by atoms with Crippen LogP contribution >= 0.6 is 12.2 Å². The predicted octanol–water partition coefficient (Wildman–Crippen LogP) is 4.26. The summed E-state index contributed by atoms with van der Waals surface area (Å²) in [7, 11) is 0. The Kier molecular flexibility index (Phi) is 8.26. The maximum atomic E-state index is 5.85. The van der Waals surface area contributed by atoms with Crippen LogP contribution in [-0.4, -0.2) is 31.1 Å². The average molecular weight is 400 g/mol. The van der Waals surface area contributed by atoms with Crippen molar-refractivity contribution in [1.29, 1.82) is 0 Å². The topological polar surface area (TPSA) is 54.9 Å². The van der Waals surface area contributed by atoms with E-state index in [0.717, 1.165) is 23.6 Å². The van der Waals surface area contributed by atoms with Crippen molar-refractivity contribution in [2.45, 2.75) is 33.1 Å². The van der Waals surface area contributed by atoms with E-state index in [1.54, 1.807) is 6.21 Å². The molecule has 0 saturated carbocycles. The Morgan fingerprint density at radius 1 is 1.04 bits per heavy atom. The van der Waals surface area contributed by atoms with Crippen LogP contribution in [0, 0.1) is 0 Å². The summed E-state index contributed by atoms with van der Waals surface area (Å²) in [5.74, 6) is 1.58. The standard InChI is InChI=1S/C22H29N3O2S/c1-5-23-21(28)25-24-16-17-8-6-7-9-20(17)27-15-14-26-19-12-10-18(11-13-19)22(2,3)4/h6-13,16H,5,14-15H2,1-4H3,(H2,23,25,28). The molecule has 0 heterocycles. The van der Waals surface area contributed by atoms with E-state index in [0.29, 0.717) is 18.3 Å². The molecule has 0 radical (unpaired) electrons. The fraction of sp³-hybridized carbons (Fsp3) is 0.364. The molecule has 28 heavy (non-hydrogen) atoms. The molecule has 2 aromatic carbocycles. The van der Waals surface area contributed by atoms with Crippen molar-refractivity contribution < 1.29 is 9.47 Å². The molecule has 6 heteroatoms. The van der Waals surface area contributed by atoms with E-state index < -0.39 is 0 Å². The quantitative estimate of drug-likeness (QED) is 0.301. The summed E-state index contributed by atoms with van der Waals surface area (Å²) in [5.41, 5.74) is 5.06. The third-order valence-corrected chi connectivity index (χ3v) is 4.19. The molecule has 0 fully saturated rings. The van der Waals surface area contributed by atoms with Gasteiger partial charge in [0.1, 0.15) is 24.7 Å². The summed E-state index contributed by atoms with van der Waals surface area (Å²) in [6.07, 6.45) is 1.69. The third kappa shape index (κ3) is 7.19. The van der Waals surface area contributed by atoms with Gasteiger partial charge in [0.05, 0.1) is 6.21 Å². The highest BCUT2D eigenvalue weighted by molar-refractivity contribution is 7.80. The maximum Gasteiger partial charge on any atom is 0.186 e. The number of benzene rings is 2. The lowest BCUT2D eigenvalue weighted by atomic mass is 9.87. The molecular weight excluding hydrogens is 370 g/mol. The van der Waals surface area contributed by atoms with Crippen LogP contribution in [0.15, 0.2) is 53.6 Å². The summed E-state index contributed by atoms with van der Waals surface area (Å²) in [6, 6.07) is 15.9. The molecule has 5 nitrogen and oxygen atoms in total. The molecule has 0 unspecified atom stereocenters. The van der Waals surface area contributed by atoms with Crippen LogP contribution in [-0.2, 0) is 5.41 Å². The van der Waals surface area contributed by atoms with Gasteiger partial charge < -0.3 is 14.8 Å². The van der Waals surface area contributed by atoms with E-state index >= 15 is 0 Å². The van der Waals surface area contributed by atoms with Crippen molar-refractivity contribution in [1.82, 2.24) is 10.7 Å². The Balaban J connectivity index is 1.83. The van der Waals surface area contributed by atoms with Crippen molar-refractivity contribution >= 4 is 23.5 Å². The zero-order chi connectivity index (χ0) is 20.4. The van der Waals surface area contributed by atoms with E-state index in [2.05, 4.69) is 48.7 Å². The van der Waals surface area contributed by atoms with Crippen molar-refractivity contribution in [3.63, 3.8) is 0 Å². The number of thiocarbonyl (C=S) groups is 1. The van der Waals surface area contributed by atoms with Gasteiger partial charge in [0.15, 0.2) is 5.11 Å². The van der Waals surface area contributed by atoms with Crippen LogP contribution in [0.3, 0.4) is 0 Å². The Bertz CT molecular complexity index is 783. The number of nitrogens with one attached hydrogen (secondary N) is 2. The minimum atomic E-state index is 0.137. The number of para-hydroxylation sites is 1. The number of rotatable bonds is 8. The largest absolute Gasteiger partial charge is 0.490 e. The predicted molar refractivity (Wildman–Crippen MR) is 120 cm³/mol. The first-order valence-corrected chi connectivity index (χ1v) is 9.83. The first-order chi connectivity index (χ1) is 13.4. The molecule has 0 aliphatic rings. The second kappa shape index (κ2) is 10.7. The van der Waals surface area contributed by atoms with Crippen LogP contribution in [0.1, 0.15) is 38.8 Å². The number of ether oxygens (including phenoxy) is 2. The van der Waals surface area contributed by atoms with E-state index in [4.69, 9.17) is 21.7 Å². The lowest BCUT2D eigenvalue weighted by Gasteiger charge is -2.19. The summed E-state index contributed by atoms with van der Waals surface area (Å²) < 4.78 is 11.6. The SMILES string of the molecule is CCNC(=S)NN=Cc1ccccc1OCCOc1ccc(C(C)(C)C)cc1. The van der Waals surface area contributed by atoms with Crippen LogP contribution < -0.4 is 20.2 Å². The Morgan fingerprint density at radius 3 is 2.39 bits per heavy atom. The van der Waals surface area contributed by atoms with Gasteiger partial charge in [-0.05, 0) is 54.4 Å². The third-order valence-electron chi connectivity index (χ3n) is 3.96. The van der Waals surface area contributed by atoms with Crippen LogP contribution in [0.25, 0.3) is 0 Å². The lowest BCUT2D eigenvalue weighted by Crippen LogP contribution is -2.31. The number of hydrogen-bond acceptors (Lipinski definition) is 4. The second-order valence-corrected chi connectivity index (χ2v) is 7.65. The molecule has 150 valence electrons. The highest BCUT2D eigenvalue weighted by Crippen LogP contribution is 2.24. The number of hydrogen-bond donors (Lipinski definition) is 2. The van der Waals surface area contributed by atoms with Gasteiger partial charge in [0.2, 0.25) is 0 Å². The first-order valence-electron chi connectivity index (χ1n) is 9.42. The van der Waals surface area contributed by atoms with Gasteiger partial charge in [-0.3, -0.25) is 5.43 Å².